The van der Waals surface area contributed by atoms with Gasteiger partial charge < -0.3 is 9.64 Å². The van der Waals surface area contributed by atoms with Crippen molar-refractivity contribution in [2.45, 2.75) is 40.2 Å². The molecular formula is C16H21N3O2S. The van der Waals surface area contributed by atoms with Gasteiger partial charge in [-0.15, -0.1) is 11.3 Å². The van der Waals surface area contributed by atoms with Gasteiger partial charge in [0.2, 0.25) is 0 Å². The molecule has 2 aromatic heterocycles. The number of nitrogens with zero attached hydrogens (tertiary/aromatic N) is 3. The molecule has 1 aliphatic heterocycles. The van der Waals surface area contributed by atoms with Crippen molar-refractivity contribution in [1.82, 2.24) is 14.9 Å². The van der Waals surface area contributed by atoms with E-state index in [2.05, 4.69) is 16.9 Å². The molecule has 1 atom stereocenters. The van der Waals surface area contributed by atoms with Gasteiger partial charge in [-0.05, 0) is 32.8 Å². The fraction of sp³-hybridized carbons (Fsp3) is 0.562. The number of aryl methyl sites for hydroxylation is 3. The number of aromatic nitrogens is 2. The molecule has 0 saturated carbocycles. The van der Waals surface area contributed by atoms with Crippen molar-refractivity contribution < 1.29 is 9.53 Å². The molecule has 0 radical (unpaired) electrons. The van der Waals surface area contributed by atoms with Crippen molar-refractivity contribution in [1.29, 1.82) is 0 Å². The lowest BCUT2D eigenvalue weighted by molar-refractivity contribution is -0.0224. The van der Waals surface area contributed by atoms with Crippen LogP contribution >= 0.6 is 11.3 Å². The summed E-state index contributed by atoms with van der Waals surface area (Å²) in [5, 5.41) is 1.03. The van der Waals surface area contributed by atoms with Crippen LogP contribution in [0.4, 0.5) is 0 Å². The van der Waals surface area contributed by atoms with Gasteiger partial charge in [-0.1, -0.05) is 6.92 Å². The first kappa shape index (κ1) is 15.4. The van der Waals surface area contributed by atoms with Crippen molar-refractivity contribution in [3.05, 3.63) is 22.0 Å². The number of amides is 1. The fourth-order valence-electron chi connectivity index (χ4n) is 2.97. The van der Waals surface area contributed by atoms with E-state index in [1.807, 2.05) is 25.7 Å². The third-order valence-electron chi connectivity index (χ3n) is 4.16. The predicted octanol–water partition coefficient (Wildman–Crippen LogP) is 2.87. The number of hydrogen-bond donors (Lipinski definition) is 0. The molecule has 1 aliphatic rings. The van der Waals surface area contributed by atoms with Gasteiger partial charge in [-0.2, -0.15) is 0 Å². The standard InChI is InChI=1S/C16H21N3O2S/c1-5-12-8-19(6-7-21-12)16(20)14-9(2)13-10(3)17-11(4)18-15(13)22-14/h12H,5-8H2,1-4H3/t12-/m1/s1. The van der Waals surface area contributed by atoms with E-state index >= 15 is 0 Å². The van der Waals surface area contributed by atoms with Gasteiger partial charge in [0.1, 0.15) is 10.7 Å². The van der Waals surface area contributed by atoms with Crippen LogP contribution in [0.15, 0.2) is 0 Å². The number of hydrogen-bond acceptors (Lipinski definition) is 5. The Bertz CT molecular complexity index is 726. The van der Waals surface area contributed by atoms with E-state index in [9.17, 15) is 4.79 Å². The number of rotatable bonds is 2. The van der Waals surface area contributed by atoms with Gasteiger partial charge in [-0.3, -0.25) is 4.79 Å². The maximum absolute atomic E-state index is 12.9. The average molecular weight is 319 g/mol. The normalized spacial score (nSPS) is 18.9. The van der Waals surface area contributed by atoms with Crippen molar-refractivity contribution in [3.8, 4) is 0 Å². The first-order chi connectivity index (χ1) is 10.5. The molecule has 1 fully saturated rings. The number of fused-ring (bicyclic) bond motifs is 1. The molecule has 0 spiro atoms. The molecule has 6 heteroatoms. The summed E-state index contributed by atoms with van der Waals surface area (Å²) in [6.07, 6.45) is 1.08. The molecule has 1 saturated heterocycles. The highest BCUT2D eigenvalue weighted by atomic mass is 32.1. The molecule has 0 aliphatic carbocycles. The Morgan fingerprint density at radius 1 is 1.36 bits per heavy atom. The van der Waals surface area contributed by atoms with E-state index in [4.69, 9.17) is 4.74 Å². The Kier molecular flexibility index (Phi) is 4.14. The van der Waals surface area contributed by atoms with Crippen LogP contribution in [-0.4, -0.2) is 46.6 Å². The highest BCUT2D eigenvalue weighted by Crippen LogP contribution is 2.32. The summed E-state index contributed by atoms with van der Waals surface area (Å²) in [6.45, 7) is 9.90. The summed E-state index contributed by atoms with van der Waals surface area (Å²) in [5.74, 6) is 0.849. The van der Waals surface area contributed by atoms with Crippen LogP contribution in [0.3, 0.4) is 0 Å². The molecule has 5 nitrogen and oxygen atoms in total. The SMILES string of the molecule is CC[C@@H]1CN(C(=O)c2sc3nc(C)nc(C)c3c2C)CCO1. The monoisotopic (exact) mass is 319 g/mol. The molecule has 0 unspecified atom stereocenters. The maximum atomic E-state index is 12.9. The zero-order valence-corrected chi connectivity index (χ0v) is 14.3. The van der Waals surface area contributed by atoms with Crippen molar-refractivity contribution >= 4 is 27.5 Å². The van der Waals surface area contributed by atoms with Crippen molar-refractivity contribution in [2.75, 3.05) is 19.7 Å². The number of thiophene rings is 1. The molecule has 22 heavy (non-hydrogen) atoms. The van der Waals surface area contributed by atoms with Gasteiger partial charge in [0.25, 0.3) is 5.91 Å². The summed E-state index contributed by atoms with van der Waals surface area (Å²) in [6, 6.07) is 0. The summed E-state index contributed by atoms with van der Waals surface area (Å²) in [7, 11) is 0. The number of carbonyl (C=O) groups excluding carboxylic acids is 1. The van der Waals surface area contributed by atoms with Crippen LogP contribution in [0.1, 0.15) is 40.1 Å². The number of carbonyl (C=O) groups is 1. The summed E-state index contributed by atoms with van der Waals surface area (Å²) >= 11 is 1.48. The number of ether oxygens (including phenoxy) is 1. The minimum absolute atomic E-state index is 0.0966. The first-order valence-electron chi connectivity index (χ1n) is 7.66. The fourth-order valence-corrected chi connectivity index (χ4v) is 4.22. The van der Waals surface area contributed by atoms with Crippen molar-refractivity contribution in [3.63, 3.8) is 0 Å². The Morgan fingerprint density at radius 2 is 2.14 bits per heavy atom. The lowest BCUT2D eigenvalue weighted by atomic mass is 10.1. The summed E-state index contributed by atoms with van der Waals surface area (Å²) in [5.41, 5.74) is 1.95. The van der Waals surface area contributed by atoms with E-state index in [1.54, 1.807) is 0 Å². The topological polar surface area (TPSA) is 55.3 Å². The van der Waals surface area contributed by atoms with E-state index in [-0.39, 0.29) is 12.0 Å². The smallest absolute Gasteiger partial charge is 0.264 e. The van der Waals surface area contributed by atoms with Crippen LogP contribution in [0, 0.1) is 20.8 Å². The van der Waals surface area contributed by atoms with E-state index in [0.29, 0.717) is 19.7 Å². The van der Waals surface area contributed by atoms with Gasteiger partial charge in [0, 0.05) is 24.2 Å². The summed E-state index contributed by atoms with van der Waals surface area (Å²) < 4.78 is 5.65. The number of morpholine rings is 1. The molecular weight excluding hydrogens is 298 g/mol. The van der Waals surface area contributed by atoms with Gasteiger partial charge in [0.05, 0.1) is 17.6 Å². The molecule has 1 amide bonds. The summed E-state index contributed by atoms with van der Waals surface area (Å²) in [4.78, 5) is 25.4. The highest BCUT2D eigenvalue weighted by Gasteiger charge is 2.27. The molecule has 2 aromatic rings. The van der Waals surface area contributed by atoms with Crippen LogP contribution in [0.2, 0.25) is 0 Å². The average Bonchev–Trinajstić information content (AvgIpc) is 2.83. The second-order valence-electron chi connectivity index (χ2n) is 5.74. The molecule has 0 aromatic carbocycles. The minimum atomic E-state index is 0.0966. The van der Waals surface area contributed by atoms with E-state index in [0.717, 1.165) is 38.6 Å². The lowest BCUT2D eigenvalue weighted by Gasteiger charge is -2.32. The quantitative estimate of drug-likeness (QED) is 0.854. The molecule has 3 rings (SSSR count). The van der Waals surface area contributed by atoms with Gasteiger partial charge in [0.15, 0.2) is 0 Å². The van der Waals surface area contributed by atoms with E-state index in [1.165, 1.54) is 11.3 Å². The Hall–Kier alpha value is -1.53. The van der Waals surface area contributed by atoms with Crippen LogP contribution < -0.4 is 0 Å². The van der Waals surface area contributed by atoms with Crippen molar-refractivity contribution in [2.24, 2.45) is 0 Å². The molecule has 0 N–H and O–H groups in total. The minimum Gasteiger partial charge on any atom is -0.375 e. The molecule has 118 valence electrons. The zero-order chi connectivity index (χ0) is 15.9. The van der Waals surface area contributed by atoms with Crippen LogP contribution in [0.5, 0.6) is 0 Å². The second-order valence-corrected chi connectivity index (χ2v) is 6.74. The molecule has 0 bridgehead atoms. The Morgan fingerprint density at radius 3 is 2.86 bits per heavy atom. The Balaban J connectivity index is 1.97. The lowest BCUT2D eigenvalue weighted by Crippen LogP contribution is -2.45. The van der Waals surface area contributed by atoms with Gasteiger partial charge >= 0.3 is 0 Å². The predicted molar refractivity (Wildman–Crippen MR) is 87.6 cm³/mol. The molecule has 3 heterocycles. The van der Waals surface area contributed by atoms with Gasteiger partial charge in [-0.25, -0.2) is 9.97 Å². The third kappa shape index (κ3) is 2.61. The highest BCUT2D eigenvalue weighted by molar-refractivity contribution is 7.20. The van der Waals surface area contributed by atoms with E-state index < -0.39 is 0 Å². The second kappa shape index (κ2) is 5.93. The third-order valence-corrected chi connectivity index (χ3v) is 5.33. The maximum Gasteiger partial charge on any atom is 0.264 e. The van der Waals surface area contributed by atoms with Crippen LogP contribution in [0.25, 0.3) is 10.2 Å². The van der Waals surface area contributed by atoms with Crippen LogP contribution in [-0.2, 0) is 4.74 Å². The zero-order valence-electron chi connectivity index (χ0n) is 13.5. The largest absolute Gasteiger partial charge is 0.375 e. The Labute approximate surface area is 134 Å². The first-order valence-corrected chi connectivity index (χ1v) is 8.48.